The zero-order valence-corrected chi connectivity index (χ0v) is 15.3. The summed E-state index contributed by atoms with van der Waals surface area (Å²) in [4.78, 5) is 2.56. The highest BCUT2D eigenvalue weighted by atomic mass is 32.2. The highest BCUT2D eigenvalue weighted by Gasteiger charge is 2.50. The van der Waals surface area contributed by atoms with Crippen LogP contribution in [0.4, 0.5) is 4.39 Å². The summed E-state index contributed by atoms with van der Waals surface area (Å²) < 4.78 is 44.6. The zero-order valence-electron chi connectivity index (χ0n) is 14.5. The highest BCUT2D eigenvalue weighted by Crippen LogP contribution is 2.46. The minimum atomic E-state index is -3.34. The van der Waals surface area contributed by atoms with Crippen molar-refractivity contribution < 1.29 is 17.2 Å². The number of hydrogen-bond donors (Lipinski definition) is 0. The number of fused-ring (bicyclic) bond motifs is 3. The lowest BCUT2D eigenvalue weighted by atomic mass is 9.95. The van der Waals surface area contributed by atoms with E-state index in [1.165, 1.54) is 12.1 Å². The molecular formula is C21H18FNO3S. The molecule has 0 N–H and O–H groups in total. The van der Waals surface area contributed by atoms with E-state index in [0.29, 0.717) is 24.5 Å². The van der Waals surface area contributed by atoms with E-state index in [2.05, 4.69) is 4.90 Å². The Hall–Kier alpha value is -2.44. The van der Waals surface area contributed by atoms with Crippen molar-refractivity contribution in [3.8, 4) is 11.1 Å². The number of furan rings is 1. The molecule has 6 heteroatoms. The summed E-state index contributed by atoms with van der Waals surface area (Å²) in [7, 11) is -3.34. The summed E-state index contributed by atoms with van der Waals surface area (Å²) in [5, 5.41) is -0.430. The van der Waals surface area contributed by atoms with Gasteiger partial charge in [0.25, 0.3) is 0 Å². The summed E-state index contributed by atoms with van der Waals surface area (Å²) >= 11 is 0. The van der Waals surface area contributed by atoms with Gasteiger partial charge in [0.1, 0.15) is 5.82 Å². The Morgan fingerprint density at radius 2 is 1.96 bits per heavy atom. The third kappa shape index (κ3) is 2.71. The van der Waals surface area contributed by atoms with Crippen molar-refractivity contribution in [2.75, 3.05) is 13.1 Å². The van der Waals surface area contributed by atoms with Gasteiger partial charge in [0.2, 0.25) is 0 Å². The Morgan fingerprint density at radius 1 is 1.07 bits per heavy atom. The van der Waals surface area contributed by atoms with E-state index in [9.17, 15) is 12.8 Å². The number of likely N-dealkylation sites (tertiary alicyclic amines) is 1. The standard InChI is InChI=1S/C21H18FNO3S/c22-17-3-1-2-14(8-17)10-23-11-19-18-9-15(16-6-7-26-13-16)4-5-20(18)27(24,25)21(19)12-23/h1-9,13,19,21H,10-12H2/t19-,21-/m1/s1. The number of rotatable bonds is 3. The molecule has 0 unspecified atom stereocenters. The third-order valence-electron chi connectivity index (χ3n) is 5.61. The third-order valence-corrected chi connectivity index (χ3v) is 7.87. The number of sulfone groups is 1. The predicted octanol–water partition coefficient (Wildman–Crippen LogP) is 3.84. The van der Waals surface area contributed by atoms with Gasteiger partial charge in [0.05, 0.1) is 22.7 Å². The molecule has 27 heavy (non-hydrogen) atoms. The SMILES string of the molecule is O=S1(=O)c2ccc(-c3ccoc3)cc2[C@H]2CN(Cc3cccc(F)c3)C[C@H]21. The molecule has 1 fully saturated rings. The van der Waals surface area contributed by atoms with Crippen molar-refractivity contribution in [1.82, 2.24) is 4.90 Å². The second-order valence-corrected chi connectivity index (χ2v) is 9.41. The average Bonchev–Trinajstić information content (AvgIpc) is 3.34. The van der Waals surface area contributed by atoms with Crippen LogP contribution in [0, 0.1) is 5.82 Å². The number of hydrogen-bond acceptors (Lipinski definition) is 4. The van der Waals surface area contributed by atoms with E-state index < -0.39 is 15.1 Å². The molecule has 3 aromatic rings. The summed E-state index contributed by atoms with van der Waals surface area (Å²) in [5.41, 5.74) is 3.65. The van der Waals surface area contributed by atoms with E-state index in [4.69, 9.17) is 4.42 Å². The smallest absolute Gasteiger partial charge is 0.183 e. The first-order valence-electron chi connectivity index (χ1n) is 8.89. The molecule has 0 spiro atoms. The quantitative estimate of drug-likeness (QED) is 0.690. The molecule has 2 aliphatic heterocycles. The second kappa shape index (κ2) is 6.04. The minimum absolute atomic E-state index is 0.0505. The molecule has 0 amide bonds. The van der Waals surface area contributed by atoms with E-state index in [1.807, 2.05) is 24.3 Å². The van der Waals surface area contributed by atoms with Crippen molar-refractivity contribution in [1.29, 1.82) is 0 Å². The largest absolute Gasteiger partial charge is 0.472 e. The van der Waals surface area contributed by atoms with Gasteiger partial charge < -0.3 is 4.42 Å². The molecule has 0 aliphatic carbocycles. The maximum absolute atomic E-state index is 13.4. The van der Waals surface area contributed by atoms with Gasteiger partial charge in [-0.1, -0.05) is 18.2 Å². The van der Waals surface area contributed by atoms with Gasteiger partial charge in [0.15, 0.2) is 9.84 Å². The first-order chi connectivity index (χ1) is 13.0. The van der Waals surface area contributed by atoms with Crippen molar-refractivity contribution in [2.45, 2.75) is 22.6 Å². The van der Waals surface area contributed by atoms with Gasteiger partial charge >= 0.3 is 0 Å². The van der Waals surface area contributed by atoms with Crippen molar-refractivity contribution in [2.24, 2.45) is 0 Å². The number of nitrogens with zero attached hydrogens (tertiary/aromatic N) is 1. The molecule has 5 rings (SSSR count). The normalized spacial score (nSPS) is 23.3. The van der Waals surface area contributed by atoms with Gasteiger partial charge in [-0.05, 0) is 47.0 Å². The molecule has 0 bridgehead atoms. The van der Waals surface area contributed by atoms with Gasteiger partial charge in [-0.2, -0.15) is 0 Å². The lowest BCUT2D eigenvalue weighted by Gasteiger charge is -2.17. The molecule has 2 atom stereocenters. The minimum Gasteiger partial charge on any atom is -0.472 e. The lowest BCUT2D eigenvalue weighted by molar-refractivity contribution is 0.325. The second-order valence-electron chi connectivity index (χ2n) is 7.28. The summed E-state index contributed by atoms with van der Waals surface area (Å²) in [6.45, 7) is 1.68. The summed E-state index contributed by atoms with van der Waals surface area (Å²) in [6.07, 6.45) is 3.27. The monoisotopic (exact) mass is 383 g/mol. The van der Waals surface area contributed by atoms with Gasteiger partial charge in [0, 0.05) is 31.1 Å². The molecule has 3 heterocycles. The van der Waals surface area contributed by atoms with Crippen LogP contribution in [-0.2, 0) is 16.4 Å². The Bertz CT molecular complexity index is 1110. The average molecular weight is 383 g/mol. The molecule has 0 saturated carbocycles. The molecule has 4 nitrogen and oxygen atoms in total. The van der Waals surface area contributed by atoms with Crippen molar-refractivity contribution in [3.63, 3.8) is 0 Å². The Labute approximate surface area is 157 Å². The molecule has 1 saturated heterocycles. The van der Waals surface area contributed by atoms with Crippen LogP contribution < -0.4 is 0 Å². The number of halogens is 1. The van der Waals surface area contributed by atoms with E-state index in [-0.39, 0.29) is 11.7 Å². The van der Waals surface area contributed by atoms with Crippen LogP contribution in [0.3, 0.4) is 0 Å². The fraction of sp³-hybridized carbons (Fsp3) is 0.238. The highest BCUT2D eigenvalue weighted by molar-refractivity contribution is 7.92. The van der Waals surface area contributed by atoms with E-state index in [0.717, 1.165) is 22.3 Å². The first kappa shape index (κ1) is 16.7. The first-order valence-corrected chi connectivity index (χ1v) is 10.4. The van der Waals surface area contributed by atoms with Crippen LogP contribution in [0.1, 0.15) is 17.0 Å². The van der Waals surface area contributed by atoms with Crippen molar-refractivity contribution >= 4 is 9.84 Å². The fourth-order valence-electron chi connectivity index (χ4n) is 4.36. The Balaban J connectivity index is 1.47. The summed E-state index contributed by atoms with van der Waals surface area (Å²) in [6, 6.07) is 13.9. The van der Waals surface area contributed by atoms with Crippen LogP contribution in [-0.4, -0.2) is 31.7 Å². The number of benzene rings is 2. The fourth-order valence-corrected chi connectivity index (χ4v) is 6.55. The van der Waals surface area contributed by atoms with Crippen LogP contribution in [0.15, 0.2) is 70.4 Å². The van der Waals surface area contributed by atoms with Crippen LogP contribution in [0.5, 0.6) is 0 Å². The maximum atomic E-state index is 13.4. The Kier molecular flexibility index (Phi) is 3.74. The lowest BCUT2D eigenvalue weighted by Crippen LogP contribution is -2.25. The van der Waals surface area contributed by atoms with Gasteiger partial charge in [-0.25, -0.2) is 12.8 Å². The molecule has 138 valence electrons. The predicted molar refractivity (Wildman–Crippen MR) is 99.5 cm³/mol. The maximum Gasteiger partial charge on any atom is 0.183 e. The van der Waals surface area contributed by atoms with Crippen LogP contribution in [0.25, 0.3) is 11.1 Å². The molecule has 2 aromatic carbocycles. The van der Waals surface area contributed by atoms with Gasteiger partial charge in [-0.15, -0.1) is 0 Å². The van der Waals surface area contributed by atoms with E-state index >= 15 is 0 Å². The molecule has 0 radical (unpaired) electrons. The van der Waals surface area contributed by atoms with Crippen LogP contribution in [0.2, 0.25) is 0 Å². The van der Waals surface area contributed by atoms with E-state index in [1.54, 1.807) is 24.7 Å². The Morgan fingerprint density at radius 3 is 2.74 bits per heavy atom. The zero-order chi connectivity index (χ0) is 18.6. The molecule has 1 aromatic heterocycles. The van der Waals surface area contributed by atoms with Crippen molar-refractivity contribution in [3.05, 3.63) is 78.0 Å². The molecule has 2 aliphatic rings. The van der Waals surface area contributed by atoms with Crippen LogP contribution >= 0.6 is 0 Å². The molecular weight excluding hydrogens is 365 g/mol. The van der Waals surface area contributed by atoms with Gasteiger partial charge in [-0.3, -0.25) is 4.90 Å². The topological polar surface area (TPSA) is 50.5 Å². The summed E-state index contributed by atoms with van der Waals surface area (Å²) in [5.74, 6) is -0.319.